The monoisotopic (exact) mass is 459 g/mol. The van der Waals surface area contributed by atoms with E-state index < -0.39 is 0 Å². The molecular weight excluding hydrogens is 422 g/mol. The van der Waals surface area contributed by atoms with Gasteiger partial charge in [-0.25, -0.2) is 9.97 Å². The SMILES string of the molecule is CN(CC(=O)N1CCc2c(ncnc2NCC23CC4CC(CC(C4)C2)C3)C1)Cc1ccccc1. The van der Waals surface area contributed by atoms with E-state index in [1.165, 1.54) is 49.7 Å². The van der Waals surface area contributed by atoms with Crippen molar-refractivity contribution in [3.63, 3.8) is 0 Å². The minimum absolute atomic E-state index is 0.172. The van der Waals surface area contributed by atoms with Gasteiger partial charge in [0.05, 0.1) is 18.8 Å². The van der Waals surface area contributed by atoms with Crippen molar-refractivity contribution in [3.8, 4) is 0 Å². The van der Waals surface area contributed by atoms with Crippen molar-refractivity contribution in [2.24, 2.45) is 23.2 Å². The molecule has 1 amide bonds. The van der Waals surface area contributed by atoms with E-state index in [1.807, 2.05) is 30.1 Å². The number of hydrogen-bond acceptors (Lipinski definition) is 5. The highest BCUT2D eigenvalue weighted by Crippen LogP contribution is 2.59. The summed E-state index contributed by atoms with van der Waals surface area (Å²) in [7, 11) is 2.01. The summed E-state index contributed by atoms with van der Waals surface area (Å²) in [6.07, 6.45) is 11.1. The molecule has 0 radical (unpaired) electrons. The molecule has 0 unspecified atom stereocenters. The Bertz CT molecular complexity index is 1000. The van der Waals surface area contributed by atoms with Crippen LogP contribution in [-0.2, 0) is 24.3 Å². The van der Waals surface area contributed by atoms with Crippen molar-refractivity contribution < 1.29 is 4.79 Å². The van der Waals surface area contributed by atoms with Crippen LogP contribution in [0.2, 0.25) is 0 Å². The quantitative estimate of drug-likeness (QED) is 0.675. The van der Waals surface area contributed by atoms with Crippen molar-refractivity contribution in [2.75, 3.05) is 32.0 Å². The molecule has 2 aromatic rings. The molecule has 0 spiro atoms. The number of benzene rings is 1. The molecule has 2 heterocycles. The van der Waals surface area contributed by atoms with Gasteiger partial charge in [0.2, 0.25) is 5.91 Å². The van der Waals surface area contributed by atoms with Crippen molar-refractivity contribution in [3.05, 3.63) is 53.5 Å². The molecule has 7 rings (SSSR count). The molecule has 6 nitrogen and oxygen atoms in total. The van der Waals surface area contributed by atoms with Gasteiger partial charge >= 0.3 is 0 Å². The summed E-state index contributed by atoms with van der Waals surface area (Å²) in [4.78, 5) is 26.3. The zero-order valence-corrected chi connectivity index (χ0v) is 20.4. The lowest BCUT2D eigenvalue weighted by Crippen LogP contribution is -2.49. The van der Waals surface area contributed by atoms with Gasteiger partial charge in [0, 0.05) is 25.2 Å². The van der Waals surface area contributed by atoms with Gasteiger partial charge < -0.3 is 10.2 Å². The van der Waals surface area contributed by atoms with E-state index in [-0.39, 0.29) is 5.91 Å². The lowest BCUT2D eigenvalue weighted by atomic mass is 9.49. The summed E-state index contributed by atoms with van der Waals surface area (Å²) in [6.45, 7) is 3.57. The van der Waals surface area contributed by atoms with Crippen LogP contribution in [-0.4, -0.2) is 52.4 Å². The van der Waals surface area contributed by atoms with Crippen molar-refractivity contribution in [1.29, 1.82) is 0 Å². The number of amides is 1. The second-order valence-corrected chi connectivity index (χ2v) is 11.6. The highest BCUT2D eigenvalue weighted by Gasteiger charge is 2.50. The Morgan fingerprint density at radius 1 is 1.09 bits per heavy atom. The third-order valence-corrected chi connectivity index (χ3v) is 8.86. The standard InChI is InChI=1S/C28H37N5O/c1-32(15-20-5-3-2-4-6-20)17-26(34)33-8-7-24-25(16-33)30-19-31-27(24)29-18-28-12-21-9-22(13-28)11-23(10-21)14-28/h2-6,19,21-23H,7-18H2,1H3,(H,29,30,31). The van der Waals surface area contributed by atoms with Gasteiger partial charge in [-0.15, -0.1) is 0 Å². The minimum atomic E-state index is 0.172. The summed E-state index contributed by atoms with van der Waals surface area (Å²) >= 11 is 0. The van der Waals surface area contributed by atoms with Crippen molar-refractivity contribution in [2.45, 2.75) is 58.0 Å². The Morgan fingerprint density at radius 3 is 2.50 bits per heavy atom. The topological polar surface area (TPSA) is 61.4 Å². The maximum Gasteiger partial charge on any atom is 0.237 e. The largest absolute Gasteiger partial charge is 0.369 e. The minimum Gasteiger partial charge on any atom is -0.369 e. The second kappa shape index (κ2) is 8.95. The van der Waals surface area contributed by atoms with Crippen LogP contribution in [0, 0.1) is 23.2 Å². The van der Waals surface area contributed by atoms with Crippen molar-refractivity contribution >= 4 is 11.7 Å². The molecule has 1 aromatic heterocycles. The molecule has 5 aliphatic rings. The third kappa shape index (κ3) is 4.45. The fraction of sp³-hybridized carbons (Fsp3) is 0.607. The Balaban J connectivity index is 1.07. The summed E-state index contributed by atoms with van der Waals surface area (Å²) < 4.78 is 0. The van der Waals surface area contributed by atoms with Crippen LogP contribution < -0.4 is 5.32 Å². The number of likely N-dealkylation sites (N-methyl/N-ethyl adjacent to an activating group) is 1. The molecule has 1 aromatic carbocycles. The first-order valence-electron chi connectivity index (χ1n) is 13.1. The van der Waals surface area contributed by atoms with Crippen molar-refractivity contribution in [1.82, 2.24) is 19.8 Å². The number of anilines is 1. The van der Waals surface area contributed by atoms with Crippen LogP contribution >= 0.6 is 0 Å². The number of rotatable bonds is 7. The first kappa shape index (κ1) is 22.0. The number of nitrogens with zero attached hydrogens (tertiary/aromatic N) is 4. The molecule has 34 heavy (non-hydrogen) atoms. The van der Waals surface area contributed by atoms with Crippen LogP contribution in [0.4, 0.5) is 5.82 Å². The molecule has 1 N–H and O–H groups in total. The zero-order chi connectivity index (χ0) is 23.1. The van der Waals surface area contributed by atoms with Gasteiger partial charge in [0.15, 0.2) is 0 Å². The lowest BCUT2D eigenvalue weighted by molar-refractivity contribution is -0.133. The van der Waals surface area contributed by atoms with E-state index in [9.17, 15) is 4.79 Å². The molecule has 6 heteroatoms. The van der Waals surface area contributed by atoms with Gasteiger partial charge in [-0.2, -0.15) is 0 Å². The molecular formula is C28H37N5O. The Hall–Kier alpha value is -2.47. The van der Waals surface area contributed by atoms with Crippen LogP contribution in [0.3, 0.4) is 0 Å². The van der Waals surface area contributed by atoms with E-state index in [0.29, 0.717) is 18.5 Å². The van der Waals surface area contributed by atoms with E-state index in [0.717, 1.165) is 55.3 Å². The Kier molecular flexibility index (Phi) is 5.80. The molecule has 180 valence electrons. The number of hydrogen-bond donors (Lipinski definition) is 1. The molecule has 0 saturated heterocycles. The summed E-state index contributed by atoms with van der Waals surface area (Å²) in [5.41, 5.74) is 3.93. The number of carbonyl (C=O) groups excluding carboxylic acids is 1. The van der Waals surface area contributed by atoms with Gasteiger partial charge in [0.25, 0.3) is 0 Å². The van der Waals surface area contributed by atoms with Crippen LogP contribution in [0.5, 0.6) is 0 Å². The fourth-order valence-corrected chi connectivity index (χ4v) is 7.78. The second-order valence-electron chi connectivity index (χ2n) is 11.6. The van der Waals surface area contributed by atoms with E-state index >= 15 is 0 Å². The average molecular weight is 460 g/mol. The van der Waals surface area contributed by atoms with E-state index in [2.05, 4.69) is 32.3 Å². The molecule has 4 aliphatic carbocycles. The third-order valence-electron chi connectivity index (χ3n) is 8.86. The maximum atomic E-state index is 13.0. The van der Waals surface area contributed by atoms with E-state index in [1.54, 1.807) is 6.33 Å². The molecule has 4 saturated carbocycles. The Labute approximate surface area is 203 Å². The number of nitrogens with one attached hydrogen (secondary N) is 1. The van der Waals surface area contributed by atoms with Gasteiger partial charge in [0.1, 0.15) is 12.1 Å². The summed E-state index contributed by atoms with van der Waals surface area (Å²) in [5.74, 6) is 4.07. The van der Waals surface area contributed by atoms with Gasteiger partial charge in [-0.1, -0.05) is 30.3 Å². The van der Waals surface area contributed by atoms with E-state index in [4.69, 9.17) is 0 Å². The highest BCUT2D eigenvalue weighted by atomic mass is 16.2. The number of carbonyl (C=O) groups is 1. The smallest absolute Gasteiger partial charge is 0.237 e. The fourth-order valence-electron chi connectivity index (χ4n) is 7.78. The molecule has 4 bridgehead atoms. The summed E-state index contributed by atoms with van der Waals surface area (Å²) in [6, 6.07) is 10.3. The highest BCUT2D eigenvalue weighted by molar-refractivity contribution is 5.78. The maximum absolute atomic E-state index is 13.0. The van der Waals surface area contributed by atoms with Crippen LogP contribution in [0.25, 0.3) is 0 Å². The molecule has 4 fully saturated rings. The van der Waals surface area contributed by atoms with Crippen LogP contribution in [0.1, 0.15) is 55.3 Å². The van der Waals surface area contributed by atoms with Gasteiger partial charge in [-0.3, -0.25) is 9.69 Å². The summed E-state index contributed by atoms with van der Waals surface area (Å²) in [5, 5.41) is 3.77. The first-order chi connectivity index (χ1) is 16.6. The predicted octanol–water partition coefficient (Wildman–Crippen LogP) is 4.12. The normalized spacial score (nSPS) is 29.4. The Morgan fingerprint density at radius 2 is 1.79 bits per heavy atom. The number of aromatic nitrogens is 2. The van der Waals surface area contributed by atoms with Crippen LogP contribution in [0.15, 0.2) is 36.7 Å². The first-order valence-corrected chi connectivity index (χ1v) is 13.1. The van der Waals surface area contributed by atoms with Gasteiger partial charge in [-0.05, 0) is 80.7 Å². The molecule has 0 atom stereocenters. The zero-order valence-electron chi connectivity index (χ0n) is 20.4. The number of fused-ring (bicyclic) bond motifs is 1. The molecule has 1 aliphatic heterocycles. The predicted molar refractivity (Wildman–Crippen MR) is 133 cm³/mol. The average Bonchev–Trinajstić information content (AvgIpc) is 2.82. The lowest BCUT2D eigenvalue weighted by Gasteiger charge is -2.57.